The fourth-order valence-electron chi connectivity index (χ4n) is 2.41. The summed E-state index contributed by atoms with van der Waals surface area (Å²) in [5, 5.41) is 10.7. The van der Waals surface area contributed by atoms with E-state index in [0.29, 0.717) is 12.8 Å². The van der Waals surface area contributed by atoms with Crippen molar-refractivity contribution < 1.29 is 9.90 Å². The van der Waals surface area contributed by atoms with Crippen LogP contribution in [0.4, 0.5) is 0 Å². The predicted molar refractivity (Wildman–Crippen MR) is 81.3 cm³/mol. The first-order valence-electron chi connectivity index (χ1n) is 6.71. The average molecular weight is 289 g/mol. The Balaban J connectivity index is 2.45. The van der Waals surface area contributed by atoms with Crippen LogP contribution in [0.3, 0.4) is 0 Å². The van der Waals surface area contributed by atoms with Crippen LogP contribution in [0.1, 0.15) is 34.5 Å². The third-order valence-electron chi connectivity index (χ3n) is 3.87. The zero-order valence-electron chi connectivity index (χ0n) is 12.0. The van der Waals surface area contributed by atoms with E-state index in [9.17, 15) is 9.90 Å². The molecule has 1 aromatic carbocycles. The van der Waals surface area contributed by atoms with Crippen LogP contribution in [0.5, 0.6) is 0 Å². The van der Waals surface area contributed by atoms with Gasteiger partial charge >= 0.3 is 5.97 Å². The third-order valence-corrected chi connectivity index (χ3v) is 4.94. The quantitative estimate of drug-likeness (QED) is 0.912. The van der Waals surface area contributed by atoms with Crippen molar-refractivity contribution in [1.82, 2.24) is 4.98 Å². The monoisotopic (exact) mass is 289 g/mol. The van der Waals surface area contributed by atoms with Gasteiger partial charge in [-0.15, -0.1) is 11.3 Å². The van der Waals surface area contributed by atoms with Gasteiger partial charge in [-0.05, 0) is 25.8 Å². The minimum absolute atomic E-state index is 0.447. The summed E-state index contributed by atoms with van der Waals surface area (Å²) >= 11 is 1.59. The molecule has 0 bridgehead atoms. The van der Waals surface area contributed by atoms with Crippen molar-refractivity contribution in [3.8, 4) is 0 Å². The second kappa shape index (κ2) is 5.75. The van der Waals surface area contributed by atoms with Gasteiger partial charge in [0.25, 0.3) is 0 Å². The number of aryl methyl sites for hydroxylation is 2. The molecule has 0 aliphatic carbocycles. The van der Waals surface area contributed by atoms with E-state index in [2.05, 4.69) is 4.98 Å². The molecule has 20 heavy (non-hydrogen) atoms. The van der Waals surface area contributed by atoms with Crippen molar-refractivity contribution in [2.75, 3.05) is 0 Å². The second-order valence-electron chi connectivity index (χ2n) is 5.03. The lowest BCUT2D eigenvalue weighted by molar-refractivity contribution is -0.144. The summed E-state index contributed by atoms with van der Waals surface area (Å²) in [6, 6.07) is 9.47. The average Bonchev–Trinajstić information content (AvgIpc) is 2.75. The van der Waals surface area contributed by atoms with Gasteiger partial charge in [0.05, 0.1) is 16.1 Å². The van der Waals surface area contributed by atoms with E-state index in [1.54, 1.807) is 11.3 Å². The zero-order chi connectivity index (χ0) is 14.8. The Morgan fingerprint density at radius 2 is 1.95 bits per heavy atom. The fraction of sp³-hybridized carbons (Fsp3) is 0.375. The number of benzene rings is 1. The Kier molecular flexibility index (Phi) is 4.23. The lowest BCUT2D eigenvalue weighted by Crippen LogP contribution is -2.37. The van der Waals surface area contributed by atoms with E-state index in [-0.39, 0.29) is 0 Å². The van der Waals surface area contributed by atoms with Crippen molar-refractivity contribution in [3.05, 3.63) is 51.5 Å². The molecule has 2 aromatic rings. The van der Waals surface area contributed by atoms with Crippen LogP contribution >= 0.6 is 11.3 Å². The number of aliphatic carboxylic acids is 1. The minimum Gasteiger partial charge on any atom is -0.481 e. The molecule has 1 atom stereocenters. The Hall–Kier alpha value is -1.68. The lowest BCUT2D eigenvalue weighted by atomic mass is 9.75. The molecule has 0 saturated carbocycles. The number of rotatable bonds is 5. The third kappa shape index (κ3) is 2.61. The zero-order valence-corrected chi connectivity index (χ0v) is 12.8. The molecular formula is C16H19NO2S. The maximum absolute atomic E-state index is 11.9. The molecule has 0 aliphatic heterocycles. The molecule has 0 aliphatic rings. The number of carbonyl (C=O) groups is 1. The summed E-state index contributed by atoms with van der Waals surface area (Å²) in [4.78, 5) is 17.6. The molecule has 1 unspecified atom stereocenters. The van der Waals surface area contributed by atoms with Gasteiger partial charge in [0, 0.05) is 11.3 Å². The largest absolute Gasteiger partial charge is 0.481 e. The number of hydrogen-bond donors (Lipinski definition) is 1. The van der Waals surface area contributed by atoms with Gasteiger partial charge < -0.3 is 5.11 Å². The van der Waals surface area contributed by atoms with Gasteiger partial charge in [0.2, 0.25) is 0 Å². The van der Waals surface area contributed by atoms with Crippen molar-refractivity contribution >= 4 is 17.3 Å². The number of thiazole rings is 1. The molecule has 0 saturated heterocycles. The molecule has 0 amide bonds. The van der Waals surface area contributed by atoms with Gasteiger partial charge in [0.15, 0.2) is 0 Å². The predicted octanol–water partition coefficient (Wildman–Crippen LogP) is 3.74. The summed E-state index contributed by atoms with van der Waals surface area (Å²) < 4.78 is 0. The van der Waals surface area contributed by atoms with Crippen LogP contribution < -0.4 is 0 Å². The minimum atomic E-state index is -0.891. The molecule has 1 heterocycles. The Bertz CT molecular complexity index is 587. The van der Waals surface area contributed by atoms with Crippen LogP contribution in [0.15, 0.2) is 30.3 Å². The van der Waals surface area contributed by atoms with Crippen molar-refractivity contribution in [3.63, 3.8) is 0 Å². The van der Waals surface area contributed by atoms with Crippen molar-refractivity contribution in [1.29, 1.82) is 0 Å². The molecular weight excluding hydrogens is 270 g/mol. The molecule has 1 N–H and O–H groups in total. The lowest BCUT2D eigenvalue weighted by Gasteiger charge is -2.27. The van der Waals surface area contributed by atoms with Crippen molar-refractivity contribution in [2.24, 2.45) is 0 Å². The number of carboxylic acids is 1. The SMILES string of the molecule is CCC(Cc1nc(C)c(C)s1)(C(=O)O)c1ccccc1. The standard InChI is InChI=1S/C16H19NO2S/c1-4-16(15(18)19,13-8-6-5-7-9-13)10-14-17-11(2)12(3)20-14/h5-9H,4,10H2,1-3H3,(H,18,19). The number of carboxylic acid groups (broad SMARTS) is 1. The smallest absolute Gasteiger partial charge is 0.314 e. The molecule has 0 spiro atoms. The topological polar surface area (TPSA) is 50.2 Å². The number of nitrogens with zero attached hydrogens (tertiary/aromatic N) is 1. The van der Waals surface area contributed by atoms with Gasteiger partial charge in [-0.1, -0.05) is 37.3 Å². The molecule has 4 heteroatoms. The number of aromatic nitrogens is 1. The maximum Gasteiger partial charge on any atom is 0.314 e. The first kappa shape index (κ1) is 14.7. The van der Waals surface area contributed by atoms with E-state index >= 15 is 0 Å². The fourth-order valence-corrected chi connectivity index (χ4v) is 3.46. The highest BCUT2D eigenvalue weighted by Gasteiger charge is 2.39. The Morgan fingerprint density at radius 1 is 1.30 bits per heavy atom. The summed E-state index contributed by atoms with van der Waals surface area (Å²) in [6.07, 6.45) is 0.992. The number of hydrogen-bond acceptors (Lipinski definition) is 3. The van der Waals surface area contributed by atoms with Gasteiger partial charge in [-0.25, -0.2) is 4.98 Å². The van der Waals surface area contributed by atoms with E-state index in [1.807, 2.05) is 51.1 Å². The molecule has 0 fully saturated rings. The summed E-state index contributed by atoms with van der Waals surface area (Å²) in [5.41, 5.74) is 0.951. The molecule has 2 rings (SSSR count). The van der Waals surface area contributed by atoms with Gasteiger partial charge in [-0.2, -0.15) is 0 Å². The van der Waals surface area contributed by atoms with Crippen LogP contribution in [-0.2, 0) is 16.6 Å². The van der Waals surface area contributed by atoms with Crippen LogP contribution in [0, 0.1) is 13.8 Å². The van der Waals surface area contributed by atoms with Crippen LogP contribution in [0.25, 0.3) is 0 Å². The van der Waals surface area contributed by atoms with Gasteiger partial charge in [0.1, 0.15) is 0 Å². The Labute approximate surface area is 123 Å². The normalized spacial score (nSPS) is 13.9. The van der Waals surface area contributed by atoms with E-state index < -0.39 is 11.4 Å². The highest BCUT2D eigenvalue weighted by Crippen LogP contribution is 2.34. The highest BCUT2D eigenvalue weighted by molar-refractivity contribution is 7.11. The summed E-state index contributed by atoms with van der Waals surface area (Å²) in [5.74, 6) is -0.781. The molecule has 3 nitrogen and oxygen atoms in total. The second-order valence-corrected chi connectivity index (χ2v) is 6.32. The summed E-state index contributed by atoms with van der Waals surface area (Å²) in [6.45, 7) is 5.91. The molecule has 1 aromatic heterocycles. The van der Waals surface area contributed by atoms with Crippen molar-refractivity contribution in [2.45, 2.75) is 39.0 Å². The highest BCUT2D eigenvalue weighted by atomic mass is 32.1. The molecule has 0 radical (unpaired) electrons. The first-order valence-corrected chi connectivity index (χ1v) is 7.53. The maximum atomic E-state index is 11.9. The van der Waals surface area contributed by atoms with E-state index in [0.717, 1.165) is 21.1 Å². The van der Waals surface area contributed by atoms with Gasteiger partial charge in [-0.3, -0.25) is 4.79 Å². The van der Waals surface area contributed by atoms with Crippen LogP contribution in [-0.4, -0.2) is 16.1 Å². The Morgan fingerprint density at radius 3 is 2.40 bits per heavy atom. The first-order chi connectivity index (χ1) is 9.49. The van der Waals surface area contributed by atoms with Crippen LogP contribution in [0.2, 0.25) is 0 Å². The molecule has 106 valence electrons. The summed E-state index contributed by atoms with van der Waals surface area (Å²) in [7, 11) is 0. The van der Waals surface area contributed by atoms with E-state index in [4.69, 9.17) is 0 Å². The van der Waals surface area contributed by atoms with E-state index in [1.165, 1.54) is 0 Å².